The van der Waals surface area contributed by atoms with Gasteiger partial charge in [0.25, 0.3) is 5.91 Å². The van der Waals surface area contributed by atoms with Crippen molar-refractivity contribution in [3.8, 4) is 28.5 Å². The van der Waals surface area contributed by atoms with E-state index in [2.05, 4.69) is 34.6 Å². The molecule has 1 amide bonds. The van der Waals surface area contributed by atoms with Crippen molar-refractivity contribution < 1.29 is 23.4 Å². The van der Waals surface area contributed by atoms with Gasteiger partial charge in [0.15, 0.2) is 10.9 Å². The van der Waals surface area contributed by atoms with Crippen LogP contribution in [0.5, 0.6) is 17.2 Å². The Labute approximate surface area is 212 Å². The Morgan fingerprint density at radius 1 is 0.917 bits per heavy atom. The van der Waals surface area contributed by atoms with Crippen LogP contribution in [-0.4, -0.2) is 32.2 Å². The van der Waals surface area contributed by atoms with Gasteiger partial charge >= 0.3 is 0 Å². The fraction of sp³-hybridized carbons (Fsp3) is 0.143. The molecule has 0 unspecified atom stereocenters. The van der Waals surface area contributed by atoms with Crippen LogP contribution >= 0.6 is 11.3 Å². The van der Waals surface area contributed by atoms with Crippen LogP contribution in [0.2, 0.25) is 0 Å². The number of hydrogen-bond donors (Lipinski definition) is 1. The third-order valence-corrected chi connectivity index (χ3v) is 6.58. The Morgan fingerprint density at radius 2 is 1.67 bits per heavy atom. The van der Waals surface area contributed by atoms with Crippen molar-refractivity contribution in [3.63, 3.8) is 0 Å². The lowest BCUT2D eigenvalue weighted by atomic mass is 10.1. The van der Waals surface area contributed by atoms with E-state index in [4.69, 9.17) is 18.6 Å². The lowest BCUT2D eigenvalue weighted by Gasteiger charge is -2.14. The maximum atomic E-state index is 12.8. The van der Waals surface area contributed by atoms with Gasteiger partial charge in [-0.05, 0) is 29.0 Å². The number of anilines is 1. The Hall–Kier alpha value is -4.30. The molecule has 5 aromatic rings. The molecule has 36 heavy (non-hydrogen) atoms. The molecule has 0 spiro atoms. The lowest BCUT2D eigenvalue weighted by Crippen LogP contribution is -2.10. The molecule has 0 bridgehead atoms. The van der Waals surface area contributed by atoms with Crippen LogP contribution in [0.1, 0.15) is 21.9 Å². The largest absolute Gasteiger partial charge is 0.496 e. The molecule has 8 heteroatoms. The monoisotopic (exact) mass is 500 g/mol. The number of fused-ring (bicyclic) bond motifs is 1. The van der Waals surface area contributed by atoms with Crippen molar-refractivity contribution in [2.45, 2.75) is 6.42 Å². The molecule has 0 aliphatic heterocycles. The van der Waals surface area contributed by atoms with Gasteiger partial charge in [0.05, 0.1) is 27.0 Å². The van der Waals surface area contributed by atoms with E-state index in [1.165, 1.54) is 16.7 Å². The summed E-state index contributed by atoms with van der Waals surface area (Å²) in [4.78, 5) is 17.4. The molecule has 3 aromatic carbocycles. The van der Waals surface area contributed by atoms with Crippen molar-refractivity contribution in [3.05, 3.63) is 89.2 Å². The highest BCUT2D eigenvalue weighted by Crippen LogP contribution is 2.36. The summed E-state index contributed by atoms with van der Waals surface area (Å²) in [6.07, 6.45) is 0.382. The Morgan fingerprint density at radius 3 is 2.39 bits per heavy atom. The number of amides is 1. The van der Waals surface area contributed by atoms with E-state index in [9.17, 15) is 4.79 Å². The van der Waals surface area contributed by atoms with Gasteiger partial charge in [0.2, 0.25) is 0 Å². The molecule has 0 saturated heterocycles. The van der Waals surface area contributed by atoms with E-state index in [1.54, 1.807) is 45.6 Å². The Kier molecular flexibility index (Phi) is 6.60. The number of ether oxygens (including phenoxy) is 3. The second-order valence-electron chi connectivity index (χ2n) is 8.01. The summed E-state index contributed by atoms with van der Waals surface area (Å²) in [5.41, 5.74) is 2.59. The van der Waals surface area contributed by atoms with E-state index in [1.807, 2.05) is 23.6 Å². The quantitative estimate of drug-likeness (QED) is 0.265. The molecule has 0 saturated carbocycles. The van der Waals surface area contributed by atoms with E-state index in [0.717, 1.165) is 22.2 Å². The predicted octanol–water partition coefficient (Wildman–Crippen LogP) is 6.43. The number of hydrogen-bond acceptors (Lipinski definition) is 7. The van der Waals surface area contributed by atoms with Gasteiger partial charge in [-0.25, -0.2) is 4.98 Å². The van der Waals surface area contributed by atoms with E-state index < -0.39 is 0 Å². The summed E-state index contributed by atoms with van der Waals surface area (Å²) < 4.78 is 22.2. The number of benzene rings is 3. The molecule has 1 N–H and O–H groups in total. The number of aromatic nitrogens is 1. The van der Waals surface area contributed by atoms with Crippen LogP contribution in [0, 0.1) is 0 Å². The van der Waals surface area contributed by atoms with Gasteiger partial charge in [-0.3, -0.25) is 10.1 Å². The summed E-state index contributed by atoms with van der Waals surface area (Å²) >= 11 is 1.37. The summed E-state index contributed by atoms with van der Waals surface area (Å²) in [5, 5.41) is 7.57. The molecule has 0 aliphatic carbocycles. The zero-order chi connectivity index (χ0) is 25.1. The predicted molar refractivity (Wildman–Crippen MR) is 141 cm³/mol. The average Bonchev–Trinajstić information content (AvgIpc) is 3.58. The summed E-state index contributed by atoms with van der Waals surface area (Å²) in [6, 6.07) is 21.3. The van der Waals surface area contributed by atoms with Crippen LogP contribution in [0.25, 0.3) is 22.0 Å². The van der Waals surface area contributed by atoms with Crippen LogP contribution in [0.4, 0.5) is 5.13 Å². The van der Waals surface area contributed by atoms with Gasteiger partial charge in [-0.15, -0.1) is 11.3 Å². The minimum atomic E-state index is -0.366. The van der Waals surface area contributed by atoms with Crippen molar-refractivity contribution in [1.82, 2.24) is 4.98 Å². The van der Waals surface area contributed by atoms with E-state index in [-0.39, 0.29) is 11.7 Å². The molecule has 0 aliphatic rings. The Bertz CT molecular complexity index is 1510. The lowest BCUT2D eigenvalue weighted by molar-refractivity contribution is 0.0995. The zero-order valence-electron chi connectivity index (χ0n) is 20.0. The number of nitrogens with one attached hydrogen (secondary N) is 1. The number of thiazole rings is 1. The standard InChI is InChI=1S/C28H24N2O5S/c1-32-21-14-25(33-2)22(26(15-21)34-3)13-20-10-11-24(35-20)27(31)30-28-29-23(16-36-28)19-9-8-17-6-4-5-7-18(17)12-19/h4-12,14-16H,13H2,1-3H3,(H,29,30,31). The van der Waals surface area contributed by atoms with Gasteiger partial charge in [0.1, 0.15) is 23.0 Å². The van der Waals surface area contributed by atoms with Crippen LogP contribution < -0.4 is 19.5 Å². The normalized spacial score (nSPS) is 10.9. The van der Waals surface area contributed by atoms with Crippen molar-refractivity contribution in [2.24, 2.45) is 0 Å². The number of nitrogens with zero attached hydrogens (tertiary/aromatic N) is 1. The van der Waals surface area contributed by atoms with Crippen LogP contribution in [0.3, 0.4) is 0 Å². The van der Waals surface area contributed by atoms with Gasteiger partial charge in [0, 0.05) is 35.1 Å². The second-order valence-corrected chi connectivity index (χ2v) is 8.87. The first-order valence-corrected chi connectivity index (χ1v) is 12.1. The topological polar surface area (TPSA) is 82.8 Å². The first kappa shape index (κ1) is 23.4. The van der Waals surface area contributed by atoms with Gasteiger partial charge in [-0.2, -0.15) is 0 Å². The maximum absolute atomic E-state index is 12.8. The third kappa shape index (κ3) is 4.76. The van der Waals surface area contributed by atoms with Gasteiger partial charge in [-0.1, -0.05) is 36.4 Å². The van der Waals surface area contributed by atoms with Crippen molar-refractivity contribution in [1.29, 1.82) is 0 Å². The van der Waals surface area contributed by atoms with Crippen LogP contribution in [-0.2, 0) is 6.42 Å². The first-order valence-electron chi connectivity index (χ1n) is 11.2. The summed E-state index contributed by atoms with van der Waals surface area (Å²) in [6.45, 7) is 0. The summed E-state index contributed by atoms with van der Waals surface area (Å²) in [7, 11) is 4.75. The molecule has 0 radical (unpaired) electrons. The molecule has 5 rings (SSSR count). The number of methoxy groups -OCH3 is 3. The summed E-state index contributed by atoms with van der Waals surface area (Å²) in [5.74, 6) is 2.26. The minimum Gasteiger partial charge on any atom is -0.496 e. The maximum Gasteiger partial charge on any atom is 0.293 e. The minimum absolute atomic E-state index is 0.193. The first-order chi connectivity index (χ1) is 17.6. The second kappa shape index (κ2) is 10.1. The van der Waals surface area contributed by atoms with Crippen molar-refractivity contribution >= 4 is 33.1 Å². The third-order valence-electron chi connectivity index (χ3n) is 5.82. The average molecular weight is 501 g/mol. The van der Waals surface area contributed by atoms with E-state index >= 15 is 0 Å². The molecular formula is C28H24N2O5S. The van der Waals surface area contributed by atoms with Crippen LogP contribution in [0.15, 0.2) is 76.5 Å². The number of furan rings is 1. The molecule has 2 aromatic heterocycles. The highest BCUT2D eigenvalue weighted by Gasteiger charge is 2.18. The fourth-order valence-electron chi connectivity index (χ4n) is 3.99. The number of rotatable bonds is 8. The van der Waals surface area contributed by atoms with E-state index in [0.29, 0.717) is 34.6 Å². The number of carbonyl (C=O) groups excluding carboxylic acids is 1. The molecule has 2 heterocycles. The molecule has 0 fully saturated rings. The Balaban J connectivity index is 1.31. The fourth-order valence-corrected chi connectivity index (χ4v) is 4.71. The molecule has 182 valence electrons. The molecular weight excluding hydrogens is 476 g/mol. The van der Waals surface area contributed by atoms with Gasteiger partial charge < -0.3 is 18.6 Å². The molecule has 7 nitrogen and oxygen atoms in total. The SMILES string of the molecule is COc1cc(OC)c(Cc2ccc(C(=O)Nc3nc(-c4ccc5ccccc5c4)cs3)o2)c(OC)c1. The molecule has 0 atom stereocenters. The highest BCUT2D eigenvalue weighted by atomic mass is 32.1. The smallest absolute Gasteiger partial charge is 0.293 e. The highest BCUT2D eigenvalue weighted by molar-refractivity contribution is 7.14. The number of carbonyl (C=O) groups is 1. The van der Waals surface area contributed by atoms with Crippen molar-refractivity contribution in [2.75, 3.05) is 26.6 Å². The zero-order valence-corrected chi connectivity index (χ0v) is 20.8.